The normalized spacial score (nSPS) is 14.1. The maximum Gasteiger partial charge on any atom is 0.254 e. The predicted molar refractivity (Wildman–Crippen MR) is 75.7 cm³/mol. The van der Waals surface area contributed by atoms with Crippen molar-refractivity contribution < 1.29 is 9.18 Å². The van der Waals surface area contributed by atoms with Crippen molar-refractivity contribution in [3.63, 3.8) is 0 Å². The van der Waals surface area contributed by atoms with E-state index in [0.717, 1.165) is 18.4 Å². The summed E-state index contributed by atoms with van der Waals surface area (Å²) in [5, 5.41) is 0. The molecule has 1 aliphatic carbocycles. The average molecular weight is 269 g/mol. The molecule has 1 fully saturated rings. The minimum Gasteiger partial charge on any atom is -0.331 e. The number of hydrogen-bond acceptors (Lipinski definition) is 1. The van der Waals surface area contributed by atoms with Gasteiger partial charge in [-0.05, 0) is 42.7 Å². The third-order valence-electron chi connectivity index (χ3n) is 3.51. The quantitative estimate of drug-likeness (QED) is 0.830. The lowest BCUT2D eigenvalue weighted by atomic mass is 10.1. The molecular formula is C17H16FNO. The Balaban J connectivity index is 1.81. The first-order valence-corrected chi connectivity index (χ1v) is 6.84. The molecule has 2 aromatic carbocycles. The molecule has 3 heteroatoms. The molecule has 1 saturated carbocycles. The van der Waals surface area contributed by atoms with Crippen LogP contribution in [0.5, 0.6) is 0 Å². The Kier molecular flexibility index (Phi) is 3.50. The Hall–Kier alpha value is -2.16. The second-order valence-corrected chi connectivity index (χ2v) is 5.16. The van der Waals surface area contributed by atoms with Gasteiger partial charge in [0.1, 0.15) is 5.82 Å². The maximum atomic E-state index is 13.3. The van der Waals surface area contributed by atoms with E-state index in [0.29, 0.717) is 18.2 Å². The topological polar surface area (TPSA) is 20.3 Å². The van der Waals surface area contributed by atoms with Crippen molar-refractivity contribution in [1.82, 2.24) is 4.90 Å². The zero-order chi connectivity index (χ0) is 13.9. The molecule has 0 radical (unpaired) electrons. The lowest BCUT2D eigenvalue weighted by molar-refractivity contribution is 0.0729. The Bertz CT molecular complexity index is 607. The van der Waals surface area contributed by atoms with Crippen LogP contribution < -0.4 is 0 Å². The second kappa shape index (κ2) is 5.45. The van der Waals surface area contributed by atoms with Gasteiger partial charge in [-0.3, -0.25) is 4.79 Å². The maximum absolute atomic E-state index is 13.3. The van der Waals surface area contributed by atoms with Crippen molar-refractivity contribution in [1.29, 1.82) is 0 Å². The van der Waals surface area contributed by atoms with Gasteiger partial charge in [-0.2, -0.15) is 0 Å². The molecule has 102 valence electrons. The molecular weight excluding hydrogens is 253 g/mol. The summed E-state index contributed by atoms with van der Waals surface area (Å²) < 4.78 is 13.3. The molecule has 3 rings (SSSR count). The van der Waals surface area contributed by atoms with Gasteiger partial charge in [-0.15, -0.1) is 0 Å². The average Bonchev–Trinajstić information content (AvgIpc) is 3.30. The third-order valence-corrected chi connectivity index (χ3v) is 3.51. The van der Waals surface area contributed by atoms with Gasteiger partial charge in [0.2, 0.25) is 0 Å². The van der Waals surface area contributed by atoms with E-state index in [1.165, 1.54) is 12.1 Å². The van der Waals surface area contributed by atoms with E-state index >= 15 is 0 Å². The summed E-state index contributed by atoms with van der Waals surface area (Å²) >= 11 is 0. The van der Waals surface area contributed by atoms with Crippen LogP contribution in [0, 0.1) is 5.82 Å². The van der Waals surface area contributed by atoms with Gasteiger partial charge in [-0.25, -0.2) is 4.39 Å². The zero-order valence-corrected chi connectivity index (χ0v) is 11.1. The first kappa shape index (κ1) is 12.9. The number of amides is 1. The van der Waals surface area contributed by atoms with Crippen LogP contribution in [0.15, 0.2) is 54.6 Å². The molecule has 0 bridgehead atoms. The highest BCUT2D eigenvalue weighted by Crippen LogP contribution is 2.29. The van der Waals surface area contributed by atoms with Crippen molar-refractivity contribution in [3.8, 4) is 0 Å². The van der Waals surface area contributed by atoms with Gasteiger partial charge in [0, 0.05) is 18.2 Å². The van der Waals surface area contributed by atoms with Crippen molar-refractivity contribution >= 4 is 5.91 Å². The summed E-state index contributed by atoms with van der Waals surface area (Å²) in [6.45, 7) is 0.468. The van der Waals surface area contributed by atoms with Crippen LogP contribution >= 0.6 is 0 Å². The Labute approximate surface area is 117 Å². The number of halogens is 1. The van der Waals surface area contributed by atoms with E-state index in [2.05, 4.69) is 0 Å². The van der Waals surface area contributed by atoms with Crippen LogP contribution in [0.2, 0.25) is 0 Å². The van der Waals surface area contributed by atoms with Crippen LogP contribution in [0.1, 0.15) is 28.8 Å². The number of hydrogen-bond donors (Lipinski definition) is 0. The largest absolute Gasteiger partial charge is 0.331 e. The molecule has 20 heavy (non-hydrogen) atoms. The van der Waals surface area contributed by atoms with Gasteiger partial charge < -0.3 is 4.90 Å². The molecule has 0 heterocycles. The van der Waals surface area contributed by atoms with E-state index in [-0.39, 0.29) is 11.7 Å². The van der Waals surface area contributed by atoms with E-state index in [9.17, 15) is 9.18 Å². The van der Waals surface area contributed by atoms with Crippen LogP contribution in [0.4, 0.5) is 4.39 Å². The molecule has 0 saturated heterocycles. The Morgan fingerprint density at radius 2 is 1.85 bits per heavy atom. The fourth-order valence-electron chi connectivity index (χ4n) is 2.33. The summed E-state index contributed by atoms with van der Waals surface area (Å²) in [5.41, 5.74) is 1.52. The van der Waals surface area contributed by atoms with E-state index < -0.39 is 0 Å². The smallest absolute Gasteiger partial charge is 0.254 e. The van der Waals surface area contributed by atoms with Gasteiger partial charge in [-0.1, -0.05) is 30.3 Å². The summed E-state index contributed by atoms with van der Waals surface area (Å²) in [7, 11) is 0. The molecule has 0 spiro atoms. The van der Waals surface area contributed by atoms with Crippen molar-refractivity contribution in [2.24, 2.45) is 0 Å². The van der Waals surface area contributed by atoms with Crippen LogP contribution in [-0.4, -0.2) is 16.8 Å². The molecule has 0 N–H and O–H groups in total. The zero-order valence-electron chi connectivity index (χ0n) is 11.1. The fourth-order valence-corrected chi connectivity index (χ4v) is 2.33. The van der Waals surface area contributed by atoms with Gasteiger partial charge in [0.25, 0.3) is 5.91 Å². The van der Waals surface area contributed by atoms with E-state index in [4.69, 9.17) is 0 Å². The number of rotatable bonds is 4. The summed E-state index contributed by atoms with van der Waals surface area (Å²) in [5.74, 6) is -0.234. The van der Waals surface area contributed by atoms with Crippen LogP contribution in [0.3, 0.4) is 0 Å². The minimum atomic E-state index is -0.259. The number of nitrogens with zero attached hydrogens (tertiary/aromatic N) is 1. The Morgan fingerprint density at radius 3 is 2.50 bits per heavy atom. The molecule has 0 aromatic heterocycles. The molecule has 2 nitrogen and oxygen atoms in total. The van der Waals surface area contributed by atoms with Crippen molar-refractivity contribution in [3.05, 3.63) is 71.5 Å². The van der Waals surface area contributed by atoms with Gasteiger partial charge in [0.15, 0.2) is 0 Å². The van der Waals surface area contributed by atoms with E-state index in [1.54, 1.807) is 6.07 Å². The number of carbonyl (C=O) groups is 1. The predicted octanol–water partition coefficient (Wildman–Crippen LogP) is 3.63. The third kappa shape index (κ3) is 2.87. The highest BCUT2D eigenvalue weighted by atomic mass is 19.1. The first-order valence-electron chi connectivity index (χ1n) is 6.84. The minimum absolute atomic E-state index is 0.0253. The number of benzene rings is 2. The number of carbonyl (C=O) groups excluding carboxylic acids is 1. The van der Waals surface area contributed by atoms with Gasteiger partial charge >= 0.3 is 0 Å². The lowest BCUT2D eigenvalue weighted by Gasteiger charge is -2.22. The Morgan fingerprint density at radius 1 is 1.10 bits per heavy atom. The van der Waals surface area contributed by atoms with Gasteiger partial charge in [0.05, 0.1) is 0 Å². The van der Waals surface area contributed by atoms with Crippen molar-refractivity contribution in [2.75, 3.05) is 0 Å². The highest BCUT2D eigenvalue weighted by Gasteiger charge is 2.32. The summed E-state index contributed by atoms with van der Waals surface area (Å²) in [6.07, 6.45) is 2.07. The summed E-state index contributed by atoms with van der Waals surface area (Å²) in [4.78, 5) is 14.4. The standard InChI is InChI=1S/C17H16FNO/c18-15-8-4-5-13(11-15)12-19(16-9-10-16)17(20)14-6-2-1-3-7-14/h1-8,11,16H,9-10,12H2. The molecule has 1 aliphatic rings. The van der Waals surface area contributed by atoms with Crippen LogP contribution in [0.25, 0.3) is 0 Å². The molecule has 2 aromatic rings. The monoisotopic (exact) mass is 269 g/mol. The first-order chi connectivity index (χ1) is 9.74. The van der Waals surface area contributed by atoms with Crippen LogP contribution in [-0.2, 0) is 6.54 Å². The molecule has 0 unspecified atom stereocenters. The van der Waals surface area contributed by atoms with E-state index in [1.807, 2.05) is 41.3 Å². The lowest BCUT2D eigenvalue weighted by Crippen LogP contribution is -2.32. The van der Waals surface area contributed by atoms with Crippen molar-refractivity contribution in [2.45, 2.75) is 25.4 Å². The molecule has 0 atom stereocenters. The SMILES string of the molecule is O=C(c1ccccc1)N(Cc1cccc(F)c1)C1CC1. The second-order valence-electron chi connectivity index (χ2n) is 5.16. The molecule has 1 amide bonds. The fraction of sp³-hybridized carbons (Fsp3) is 0.235. The highest BCUT2D eigenvalue weighted by molar-refractivity contribution is 5.94. The molecule has 0 aliphatic heterocycles. The summed E-state index contributed by atoms with van der Waals surface area (Å²) in [6, 6.07) is 16.0.